The average molecular weight is 262 g/mol. The minimum atomic E-state index is -0.0638. The fraction of sp³-hybridized carbons (Fsp3) is 0.562. The third-order valence-electron chi connectivity index (χ3n) is 3.50. The van der Waals surface area contributed by atoms with Crippen LogP contribution in [0.25, 0.3) is 0 Å². The van der Waals surface area contributed by atoms with E-state index >= 15 is 0 Å². The molecule has 0 aliphatic rings. The zero-order chi connectivity index (χ0) is 14.3. The first kappa shape index (κ1) is 15.7. The first-order chi connectivity index (χ1) is 9.04. The number of benzene rings is 1. The van der Waals surface area contributed by atoms with Crippen molar-refractivity contribution in [3.63, 3.8) is 0 Å². The molecule has 3 heteroatoms. The van der Waals surface area contributed by atoms with Crippen molar-refractivity contribution in [2.24, 2.45) is 11.7 Å². The molecular weight excluding hydrogens is 236 g/mol. The van der Waals surface area contributed by atoms with Crippen molar-refractivity contribution < 1.29 is 4.79 Å². The molecule has 0 spiro atoms. The smallest absolute Gasteiger partial charge is 0.220 e. The maximum Gasteiger partial charge on any atom is 0.220 e. The van der Waals surface area contributed by atoms with E-state index in [0.29, 0.717) is 18.8 Å². The molecule has 0 aliphatic heterocycles. The minimum Gasteiger partial charge on any atom is -0.353 e. The average Bonchev–Trinajstić information content (AvgIpc) is 2.42. The summed E-state index contributed by atoms with van der Waals surface area (Å²) in [5.74, 6) is 0.573. The second kappa shape index (κ2) is 7.95. The van der Waals surface area contributed by atoms with Gasteiger partial charge in [0, 0.05) is 18.5 Å². The maximum absolute atomic E-state index is 11.9. The lowest BCUT2D eigenvalue weighted by Crippen LogP contribution is -2.38. The molecule has 1 aromatic carbocycles. The molecule has 1 rings (SSSR count). The van der Waals surface area contributed by atoms with Gasteiger partial charge in [-0.15, -0.1) is 0 Å². The van der Waals surface area contributed by atoms with Crippen LogP contribution in [-0.2, 0) is 4.79 Å². The molecule has 0 fully saturated rings. The first-order valence-electron chi connectivity index (χ1n) is 7.14. The van der Waals surface area contributed by atoms with Crippen LogP contribution in [-0.4, -0.2) is 11.9 Å². The summed E-state index contributed by atoms with van der Waals surface area (Å²) in [6.07, 6.45) is 2.14. The molecule has 0 aromatic heterocycles. The Morgan fingerprint density at radius 2 is 1.89 bits per heavy atom. The molecule has 0 bridgehead atoms. The second-order valence-corrected chi connectivity index (χ2v) is 5.38. The van der Waals surface area contributed by atoms with Gasteiger partial charge >= 0.3 is 0 Å². The Balaban J connectivity index is 2.38. The van der Waals surface area contributed by atoms with E-state index in [0.717, 1.165) is 12.0 Å². The highest BCUT2D eigenvalue weighted by molar-refractivity contribution is 5.76. The van der Waals surface area contributed by atoms with E-state index in [2.05, 4.69) is 26.1 Å². The maximum atomic E-state index is 11.9. The van der Waals surface area contributed by atoms with Crippen molar-refractivity contribution in [3.8, 4) is 0 Å². The molecule has 2 atom stereocenters. The summed E-state index contributed by atoms with van der Waals surface area (Å²) in [4.78, 5) is 11.9. The number of carbonyl (C=O) groups excluding carboxylic acids is 1. The van der Waals surface area contributed by atoms with Gasteiger partial charge in [0.05, 0.1) is 0 Å². The molecule has 3 N–H and O–H groups in total. The molecular formula is C16H26N2O. The van der Waals surface area contributed by atoms with E-state index in [1.807, 2.05) is 30.3 Å². The molecule has 106 valence electrons. The summed E-state index contributed by atoms with van der Waals surface area (Å²) < 4.78 is 0. The van der Waals surface area contributed by atoms with Crippen molar-refractivity contribution in [1.29, 1.82) is 0 Å². The third-order valence-corrected chi connectivity index (χ3v) is 3.50. The van der Waals surface area contributed by atoms with Crippen LogP contribution in [0.5, 0.6) is 0 Å². The molecule has 0 aliphatic carbocycles. The van der Waals surface area contributed by atoms with Gasteiger partial charge in [-0.1, -0.05) is 51.1 Å². The monoisotopic (exact) mass is 262 g/mol. The molecule has 0 saturated heterocycles. The lowest BCUT2D eigenvalue weighted by atomic mass is 10.0. The van der Waals surface area contributed by atoms with Crippen LogP contribution in [0, 0.1) is 5.92 Å². The summed E-state index contributed by atoms with van der Waals surface area (Å²) >= 11 is 0. The lowest BCUT2D eigenvalue weighted by molar-refractivity contribution is -0.122. The Labute approximate surface area is 116 Å². The van der Waals surface area contributed by atoms with Crippen LogP contribution < -0.4 is 11.1 Å². The Morgan fingerprint density at radius 1 is 1.26 bits per heavy atom. The van der Waals surface area contributed by atoms with Crippen LogP contribution in [0.4, 0.5) is 0 Å². The van der Waals surface area contributed by atoms with Crippen molar-refractivity contribution in [2.75, 3.05) is 0 Å². The fourth-order valence-electron chi connectivity index (χ4n) is 2.17. The molecule has 0 saturated carbocycles. The molecule has 3 nitrogen and oxygen atoms in total. The van der Waals surface area contributed by atoms with Gasteiger partial charge in [-0.25, -0.2) is 0 Å². The van der Waals surface area contributed by atoms with Crippen LogP contribution in [0.1, 0.15) is 51.6 Å². The number of hydrogen-bond donors (Lipinski definition) is 2. The van der Waals surface area contributed by atoms with Gasteiger partial charge in [0.15, 0.2) is 0 Å². The largest absolute Gasteiger partial charge is 0.353 e. The number of nitrogens with two attached hydrogens (primary N) is 1. The van der Waals surface area contributed by atoms with Crippen molar-refractivity contribution >= 4 is 5.91 Å². The van der Waals surface area contributed by atoms with Crippen molar-refractivity contribution in [3.05, 3.63) is 35.9 Å². The van der Waals surface area contributed by atoms with E-state index in [1.54, 1.807) is 0 Å². The highest BCUT2D eigenvalue weighted by Crippen LogP contribution is 2.15. The summed E-state index contributed by atoms with van der Waals surface area (Å²) in [7, 11) is 0. The standard InChI is InChI=1S/C16H26N2O/c1-4-15(12(2)3)18-16(19)11-10-14(17)13-8-6-5-7-9-13/h5-9,12,14-15H,4,10-11,17H2,1-3H3,(H,18,19). The number of amides is 1. The minimum absolute atomic E-state index is 0.0638. The Kier molecular flexibility index (Phi) is 6.57. The number of carbonyl (C=O) groups is 1. The van der Waals surface area contributed by atoms with Gasteiger partial charge in [-0.2, -0.15) is 0 Å². The van der Waals surface area contributed by atoms with E-state index in [9.17, 15) is 4.79 Å². The third kappa shape index (κ3) is 5.43. The van der Waals surface area contributed by atoms with Crippen LogP contribution in [0.2, 0.25) is 0 Å². The highest BCUT2D eigenvalue weighted by atomic mass is 16.1. The van der Waals surface area contributed by atoms with Crippen LogP contribution in [0.15, 0.2) is 30.3 Å². The quantitative estimate of drug-likeness (QED) is 0.793. The van der Waals surface area contributed by atoms with Gasteiger partial charge in [-0.3, -0.25) is 4.79 Å². The van der Waals surface area contributed by atoms with E-state index < -0.39 is 0 Å². The number of hydrogen-bond acceptors (Lipinski definition) is 2. The second-order valence-electron chi connectivity index (χ2n) is 5.38. The van der Waals surface area contributed by atoms with E-state index in [4.69, 9.17) is 5.73 Å². The van der Waals surface area contributed by atoms with Gasteiger partial charge < -0.3 is 11.1 Å². The van der Waals surface area contributed by atoms with Gasteiger partial charge in [0.25, 0.3) is 0 Å². The van der Waals surface area contributed by atoms with Crippen LogP contribution >= 0.6 is 0 Å². The van der Waals surface area contributed by atoms with Gasteiger partial charge in [0.2, 0.25) is 5.91 Å². The first-order valence-corrected chi connectivity index (χ1v) is 7.14. The molecule has 2 unspecified atom stereocenters. The Morgan fingerprint density at radius 3 is 2.42 bits per heavy atom. The van der Waals surface area contributed by atoms with Crippen molar-refractivity contribution in [2.45, 2.75) is 52.1 Å². The molecule has 1 aromatic rings. The van der Waals surface area contributed by atoms with E-state index in [-0.39, 0.29) is 18.0 Å². The van der Waals surface area contributed by atoms with Gasteiger partial charge in [0.1, 0.15) is 0 Å². The summed E-state index contributed by atoms with van der Waals surface area (Å²) in [6, 6.07) is 10.1. The van der Waals surface area contributed by atoms with Crippen LogP contribution in [0.3, 0.4) is 0 Å². The Bertz CT molecular complexity index is 376. The normalized spacial score (nSPS) is 14.2. The summed E-state index contributed by atoms with van der Waals surface area (Å²) in [6.45, 7) is 6.36. The predicted molar refractivity (Wildman–Crippen MR) is 79.7 cm³/mol. The number of rotatable bonds is 7. The number of nitrogens with one attached hydrogen (secondary N) is 1. The summed E-state index contributed by atoms with van der Waals surface area (Å²) in [5.41, 5.74) is 7.18. The molecule has 19 heavy (non-hydrogen) atoms. The topological polar surface area (TPSA) is 55.1 Å². The SMILES string of the molecule is CCC(NC(=O)CCC(N)c1ccccc1)C(C)C. The lowest BCUT2D eigenvalue weighted by Gasteiger charge is -2.21. The predicted octanol–water partition coefficient (Wildman–Crippen LogP) is 3.02. The highest BCUT2D eigenvalue weighted by Gasteiger charge is 2.15. The molecule has 0 heterocycles. The molecule has 0 radical (unpaired) electrons. The molecule has 1 amide bonds. The fourth-order valence-corrected chi connectivity index (χ4v) is 2.17. The van der Waals surface area contributed by atoms with Gasteiger partial charge in [-0.05, 0) is 24.3 Å². The Hall–Kier alpha value is -1.35. The zero-order valence-electron chi connectivity index (χ0n) is 12.2. The van der Waals surface area contributed by atoms with Crippen molar-refractivity contribution in [1.82, 2.24) is 5.32 Å². The van der Waals surface area contributed by atoms with E-state index in [1.165, 1.54) is 0 Å². The summed E-state index contributed by atoms with van der Waals surface area (Å²) in [5, 5.41) is 3.08. The zero-order valence-corrected chi connectivity index (χ0v) is 12.2.